The lowest BCUT2D eigenvalue weighted by Crippen LogP contribution is -2.45. The summed E-state index contributed by atoms with van der Waals surface area (Å²) in [7, 11) is 0. The first-order valence-electron chi connectivity index (χ1n) is 7.82. The fourth-order valence-corrected chi connectivity index (χ4v) is 3.73. The van der Waals surface area contributed by atoms with Gasteiger partial charge in [0.05, 0.1) is 0 Å². The van der Waals surface area contributed by atoms with Crippen LogP contribution in [0.15, 0.2) is 0 Å². The molecular formula is C16H31N. The quantitative estimate of drug-likeness (QED) is 0.758. The molecule has 0 spiro atoms. The summed E-state index contributed by atoms with van der Waals surface area (Å²) in [5.74, 6) is 3.72. The monoisotopic (exact) mass is 237 g/mol. The molecule has 6 unspecified atom stereocenters. The average molecular weight is 237 g/mol. The van der Waals surface area contributed by atoms with E-state index in [4.69, 9.17) is 0 Å². The smallest absolute Gasteiger partial charge is 0.00723 e. The molecule has 0 amide bonds. The molecule has 1 nitrogen and oxygen atoms in total. The Bertz CT molecular complexity index is 214. The van der Waals surface area contributed by atoms with E-state index in [2.05, 4.69) is 33.0 Å². The Kier molecular flexibility index (Phi) is 4.52. The topological polar surface area (TPSA) is 12.0 Å². The van der Waals surface area contributed by atoms with Crippen molar-refractivity contribution in [1.82, 2.24) is 5.32 Å². The second-order valence-electron chi connectivity index (χ2n) is 7.10. The molecule has 2 saturated carbocycles. The molecule has 100 valence electrons. The fourth-order valence-electron chi connectivity index (χ4n) is 3.73. The molecule has 17 heavy (non-hydrogen) atoms. The molecule has 1 N–H and O–H groups in total. The highest BCUT2D eigenvalue weighted by Crippen LogP contribution is 2.33. The lowest BCUT2D eigenvalue weighted by atomic mass is 9.76. The SMILES string of the molecule is CC1CCC(NC2CCC(C)C(C)C2)CC1C. The minimum Gasteiger partial charge on any atom is -0.311 e. The predicted octanol–water partition coefficient (Wildman–Crippen LogP) is 4.23. The van der Waals surface area contributed by atoms with Crippen LogP contribution >= 0.6 is 0 Å². The maximum Gasteiger partial charge on any atom is 0.00723 e. The molecular weight excluding hydrogens is 206 g/mol. The molecule has 2 aliphatic rings. The lowest BCUT2D eigenvalue weighted by molar-refractivity contribution is 0.173. The highest BCUT2D eigenvalue weighted by molar-refractivity contribution is 4.86. The molecule has 0 aromatic rings. The third-order valence-electron chi connectivity index (χ3n) is 5.67. The van der Waals surface area contributed by atoms with Gasteiger partial charge in [0, 0.05) is 12.1 Å². The number of nitrogens with one attached hydrogen (secondary N) is 1. The van der Waals surface area contributed by atoms with Gasteiger partial charge in [-0.3, -0.25) is 0 Å². The van der Waals surface area contributed by atoms with Crippen molar-refractivity contribution in [2.24, 2.45) is 23.7 Å². The second kappa shape index (κ2) is 5.73. The number of hydrogen-bond acceptors (Lipinski definition) is 1. The number of rotatable bonds is 2. The van der Waals surface area contributed by atoms with Crippen molar-refractivity contribution in [3.8, 4) is 0 Å². The van der Waals surface area contributed by atoms with Gasteiger partial charge in [-0.25, -0.2) is 0 Å². The van der Waals surface area contributed by atoms with Crippen LogP contribution in [-0.2, 0) is 0 Å². The van der Waals surface area contributed by atoms with Crippen molar-refractivity contribution in [3.63, 3.8) is 0 Å². The zero-order valence-corrected chi connectivity index (χ0v) is 12.2. The molecule has 0 saturated heterocycles. The van der Waals surface area contributed by atoms with Crippen LogP contribution < -0.4 is 5.32 Å². The Morgan fingerprint density at radius 2 is 1.00 bits per heavy atom. The van der Waals surface area contributed by atoms with Crippen molar-refractivity contribution < 1.29 is 0 Å². The molecule has 0 heterocycles. The van der Waals surface area contributed by atoms with E-state index in [1.54, 1.807) is 0 Å². The zero-order valence-electron chi connectivity index (χ0n) is 12.2. The Hall–Kier alpha value is -0.0400. The van der Waals surface area contributed by atoms with Crippen molar-refractivity contribution in [2.45, 2.75) is 78.3 Å². The lowest BCUT2D eigenvalue weighted by Gasteiger charge is -2.38. The summed E-state index contributed by atoms with van der Waals surface area (Å²) in [5, 5.41) is 3.96. The van der Waals surface area contributed by atoms with Gasteiger partial charge < -0.3 is 5.32 Å². The van der Waals surface area contributed by atoms with Gasteiger partial charge in [0.2, 0.25) is 0 Å². The largest absolute Gasteiger partial charge is 0.311 e. The van der Waals surface area contributed by atoms with Gasteiger partial charge in [-0.05, 0) is 62.2 Å². The van der Waals surface area contributed by atoms with Gasteiger partial charge in [0.15, 0.2) is 0 Å². The molecule has 2 rings (SSSR count). The first kappa shape index (κ1) is 13.4. The van der Waals surface area contributed by atoms with E-state index in [-0.39, 0.29) is 0 Å². The standard InChI is InChI=1S/C16H31N/c1-11-5-7-15(9-13(11)3)17-16-8-6-12(2)14(4)10-16/h11-17H,5-10H2,1-4H3. The summed E-state index contributed by atoms with van der Waals surface area (Å²) in [5.41, 5.74) is 0. The molecule has 0 aromatic heterocycles. The van der Waals surface area contributed by atoms with Crippen molar-refractivity contribution in [3.05, 3.63) is 0 Å². The van der Waals surface area contributed by atoms with E-state index < -0.39 is 0 Å². The Morgan fingerprint density at radius 1 is 0.588 bits per heavy atom. The van der Waals surface area contributed by atoms with E-state index in [1.807, 2.05) is 0 Å². The maximum atomic E-state index is 3.96. The van der Waals surface area contributed by atoms with Crippen LogP contribution in [0.2, 0.25) is 0 Å². The average Bonchev–Trinajstić information content (AvgIpc) is 2.29. The zero-order chi connectivity index (χ0) is 12.4. The minimum absolute atomic E-state index is 0.812. The third-order valence-corrected chi connectivity index (χ3v) is 5.67. The molecule has 2 fully saturated rings. The van der Waals surface area contributed by atoms with Gasteiger partial charge >= 0.3 is 0 Å². The van der Waals surface area contributed by atoms with Crippen LogP contribution in [0.1, 0.15) is 66.2 Å². The van der Waals surface area contributed by atoms with Gasteiger partial charge in [-0.1, -0.05) is 27.7 Å². The first-order valence-corrected chi connectivity index (χ1v) is 7.82. The predicted molar refractivity (Wildman–Crippen MR) is 75.1 cm³/mol. The molecule has 1 heteroatoms. The van der Waals surface area contributed by atoms with E-state index in [9.17, 15) is 0 Å². The fraction of sp³-hybridized carbons (Fsp3) is 1.00. The summed E-state index contributed by atoms with van der Waals surface area (Å²) in [4.78, 5) is 0. The second-order valence-corrected chi connectivity index (χ2v) is 7.10. The van der Waals surface area contributed by atoms with Gasteiger partial charge in [0.1, 0.15) is 0 Å². The highest BCUT2D eigenvalue weighted by Gasteiger charge is 2.29. The maximum absolute atomic E-state index is 3.96. The molecule has 0 aliphatic heterocycles. The minimum atomic E-state index is 0.812. The van der Waals surface area contributed by atoms with E-state index in [0.717, 1.165) is 35.8 Å². The summed E-state index contributed by atoms with van der Waals surface area (Å²) < 4.78 is 0. The van der Waals surface area contributed by atoms with Crippen LogP contribution in [0.5, 0.6) is 0 Å². The van der Waals surface area contributed by atoms with Crippen molar-refractivity contribution >= 4 is 0 Å². The van der Waals surface area contributed by atoms with Crippen LogP contribution in [0, 0.1) is 23.7 Å². The van der Waals surface area contributed by atoms with Gasteiger partial charge in [-0.2, -0.15) is 0 Å². The van der Waals surface area contributed by atoms with E-state index in [1.165, 1.54) is 38.5 Å². The molecule has 0 bridgehead atoms. The van der Waals surface area contributed by atoms with Gasteiger partial charge in [0.25, 0.3) is 0 Å². The summed E-state index contributed by atoms with van der Waals surface area (Å²) in [6, 6.07) is 1.62. The first-order chi connectivity index (χ1) is 8.06. The van der Waals surface area contributed by atoms with Crippen LogP contribution in [0.4, 0.5) is 0 Å². The Labute approximate surface area is 108 Å². The van der Waals surface area contributed by atoms with Crippen molar-refractivity contribution in [2.75, 3.05) is 0 Å². The Morgan fingerprint density at radius 3 is 1.35 bits per heavy atom. The normalized spacial score (nSPS) is 48.0. The Balaban J connectivity index is 1.78. The summed E-state index contributed by atoms with van der Waals surface area (Å²) in [6.45, 7) is 9.71. The number of hydrogen-bond donors (Lipinski definition) is 1. The van der Waals surface area contributed by atoms with Gasteiger partial charge in [-0.15, -0.1) is 0 Å². The highest BCUT2D eigenvalue weighted by atomic mass is 15.0. The molecule has 2 aliphatic carbocycles. The summed E-state index contributed by atoms with van der Waals surface area (Å²) in [6.07, 6.45) is 8.48. The van der Waals surface area contributed by atoms with Crippen LogP contribution in [0.25, 0.3) is 0 Å². The molecule has 0 aromatic carbocycles. The third kappa shape index (κ3) is 3.47. The molecule has 0 radical (unpaired) electrons. The van der Waals surface area contributed by atoms with Crippen LogP contribution in [0.3, 0.4) is 0 Å². The molecule has 6 atom stereocenters. The summed E-state index contributed by atoms with van der Waals surface area (Å²) >= 11 is 0. The van der Waals surface area contributed by atoms with Crippen LogP contribution in [-0.4, -0.2) is 12.1 Å². The van der Waals surface area contributed by atoms with Crippen molar-refractivity contribution in [1.29, 1.82) is 0 Å². The van der Waals surface area contributed by atoms with E-state index >= 15 is 0 Å². The van der Waals surface area contributed by atoms with E-state index in [0.29, 0.717) is 0 Å².